The van der Waals surface area contributed by atoms with Crippen LogP contribution < -0.4 is 5.73 Å². The summed E-state index contributed by atoms with van der Waals surface area (Å²) in [5.41, 5.74) is 7.16. The van der Waals surface area contributed by atoms with Crippen LogP contribution in [0.15, 0.2) is 29.4 Å². The van der Waals surface area contributed by atoms with Crippen molar-refractivity contribution in [3.8, 4) is 0 Å². The summed E-state index contributed by atoms with van der Waals surface area (Å²) in [7, 11) is 2.00. The molecule has 0 saturated heterocycles. The molecule has 1 aromatic rings. The molecule has 0 radical (unpaired) electrons. The number of hydrogen-bond donors (Lipinski definition) is 1. The van der Waals surface area contributed by atoms with E-state index >= 15 is 0 Å². The zero-order chi connectivity index (χ0) is 13.5. The van der Waals surface area contributed by atoms with Crippen molar-refractivity contribution in [3.05, 3.63) is 30.1 Å². The van der Waals surface area contributed by atoms with E-state index in [1.54, 1.807) is 0 Å². The lowest BCUT2D eigenvalue weighted by Gasteiger charge is -2.22. The predicted molar refractivity (Wildman–Crippen MR) is 79.1 cm³/mol. The van der Waals surface area contributed by atoms with E-state index in [2.05, 4.69) is 9.98 Å². The van der Waals surface area contributed by atoms with Gasteiger partial charge in [0.1, 0.15) is 0 Å². The number of pyridine rings is 1. The molecule has 1 aliphatic rings. The maximum absolute atomic E-state index is 6.07. The quantitative estimate of drug-likeness (QED) is 0.667. The molecule has 104 valence electrons. The van der Waals surface area contributed by atoms with Crippen LogP contribution in [0.25, 0.3) is 0 Å². The van der Waals surface area contributed by atoms with Crippen LogP contribution in [-0.4, -0.2) is 35.5 Å². The highest BCUT2D eigenvalue weighted by Gasteiger charge is 2.13. The Balaban J connectivity index is 1.81. The van der Waals surface area contributed by atoms with Crippen LogP contribution in [0.3, 0.4) is 0 Å². The third-order valence-corrected chi connectivity index (χ3v) is 3.71. The van der Waals surface area contributed by atoms with Gasteiger partial charge in [0.2, 0.25) is 0 Å². The maximum Gasteiger partial charge on any atom is 0.191 e. The first-order chi connectivity index (χ1) is 9.25. The van der Waals surface area contributed by atoms with E-state index in [0.29, 0.717) is 12.0 Å². The number of rotatable bonds is 4. The van der Waals surface area contributed by atoms with Crippen molar-refractivity contribution in [2.75, 3.05) is 13.6 Å². The fourth-order valence-corrected chi connectivity index (χ4v) is 2.44. The summed E-state index contributed by atoms with van der Waals surface area (Å²) in [5.74, 6) is 0.669. The minimum atomic E-state index is 0.436. The van der Waals surface area contributed by atoms with E-state index in [1.165, 1.54) is 32.1 Å². The molecule has 1 fully saturated rings. The van der Waals surface area contributed by atoms with Crippen molar-refractivity contribution < 1.29 is 0 Å². The SMILES string of the molecule is CN(CCc1ccccn1)C(N)=NC1CCCCC1. The van der Waals surface area contributed by atoms with E-state index in [1.807, 2.05) is 36.3 Å². The van der Waals surface area contributed by atoms with Gasteiger partial charge in [-0.15, -0.1) is 0 Å². The standard InChI is InChI=1S/C15H24N4/c1-19(12-10-13-7-5-6-11-17-13)15(16)18-14-8-3-2-4-9-14/h5-7,11,14H,2-4,8-10,12H2,1H3,(H2,16,18). The van der Waals surface area contributed by atoms with Crippen LogP contribution in [0.5, 0.6) is 0 Å². The first-order valence-electron chi connectivity index (χ1n) is 7.20. The van der Waals surface area contributed by atoms with Gasteiger partial charge in [-0.05, 0) is 25.0 Å². The number of hydrogen-bond acceptors (Lipinski definition) is 2. The van der Waals surface area contributed by atoms with Gasteiger partial charge in [-0.1, -0.05) is 25.3 Å². The normalized spacial score (nSPS) is 17.4. The first-order valence-corrected chi connectivity index (χ1v) is 7.20. The van der Waals surface area contributed by atoms with Crippen molar-refractivity contribution in [2.24, 2.45) is 10.7 Å². The van der Waals surface area contributed by atoms with E-state index in [9.17, 15) is 0 Å². The molecule has 1 aromatic heterocycles. The maximum atomic E-state index is 6.07. The van der Waals surface area contributed by atoms with Gasteiger partial charge < -0.3 is 10.6 Å². The van der Waals surface area contributed by atoms with Gasteiger partial charge >= 0.3 is 0 Å². The summed E-state index contributed by atoms with van der Waals surface area (Å²) in [4.78, 5) is 11.0. The molecule has 0 amide bonds. The molecule has 0 bridgehead atoms. The molecule has 1 heterocycles. The van der Waals surface area contributed by atoms with Gasteiger partial charge in [0.15, 0.2) is 5.96 Å². The van der Waals surface area contributed by atoms with Crippen molar-refractivity contribution in [1.82, 2.24) is 9.88 Å². The van der Waals surface area contributed by atoms with Crippen LogP contribution in [0.2, 0.25) is 0 Å². The van der Waals surface area contributed by atoms with E-state index < -0.39 is 0 Å². The predicted octanol–water partition coefficient (Wildman–Crippen LogP) is 2.20. The third-order valence-electron chi connectivity index (χ3n) is 3.71. The molecular weight excluding hydrogens is 236 g/mol. The molecule has 1 saturated carbocycles. The van der Waals surface area contributed by atoms with Crippen LogP contribution in [0.4, 0.5) is 0 Å². The Kier molecular flexibility index (Phi) is 5.19. The molecule has 0 aliphatic heterocycles. The molecule has 1 aliphatic carbocycles. The molecule has 2 rings (SSSR count). The van der Waals surface area contributed by atoms with Crippen LogP contribution in [0, 0.1) is 0 Å². The molecule has 0 spiro atoms. The second-order valence-corrected chi connectivity index (χ2v) is 5.27. The van der Waals surface area contributed by atoms with Crippen molar-refractivity contribution in [3.63, 3.8) is 0 Å². The summed E-state index contributed by atoms with van der Waals surface area (Å²) in [5, 5.41) is 0. The Bertz CT molecular complexity index is 396. The fourth-order valence-electron chi connectivity index (χ4n) is 2.44. The molecule has 19 heavy (non-hydrogen) atoms. The lowest BCUT2D eigenvalue weighted by molar-refractivity contribution is 0.430. The zero-order valence-corrected chi connectivity index (χ0v) is 11.8. The average Bonchev–Trinajstić information content (AvgIpc) is 2.47. The Labute approximate surface area is 115 Å². The van der Waals surface area contributed by atoms with E-state index in [4.69, 9.17) is 5.73 Å². The summed E-state index contributed by atoms with van der Waals surface area (Å²) in [6, 6.07) is 6.43. The summed E-state index contributed by atoms with van der Waals surface area (Å²) < 4.78 is 0. The number of nitrogens with zero attached hydrogens (tertiary/aromatic N) is 3. The van der Waals surface area contributed by atoms with Gasteiger partial charge in [0, 0.05) is 31.9 Å². The molecule has 0 atom stereocenters. The van der Waals surface area contributed by atoms with Gasteiger partial charge in [-0.2, -0.15) is 0 Å². The smallest absolute Gasteiger partial charge is 0.191 e. The Morgan fingerprint density at radius 3 is 2.84 bits per heavy atom. The minimum absolute atomic E-state index is 0.436. The number of guanidine groups is 1. The second-order valence-electron chi connectivity index (χ2n) is 5.27. The Morgan fingerprint density at radius 2 is 2.16 bits per heavy atom. The topological polar surface area (TPSA) is 54.5 Å². The highest BCUT2D eigenvalue weighted by molar-refractivity contribution is 5.78. The second kappa shape index (κ2) is 7.12. The lowest BCUT2D eigenvalue weighted by Crippen LogP contribution is -2.36. The third kappa shape index (κ3) is 4.54. The Morgan fingerprint density at radius 1 is 1.37 bits per heavy atom. The summed E-state index contributed by atoms with van der Waals surface area (Å²) >= 11 is 0. The average molecular weight is 260 g/mol. The molecule has 4 heteroatoms. The van der Waals surface area contributed by atoms with E-state index in [0.717, 1.165) is 18.7 Å². The van der Waals surface area contributed by atoms with Crippen molar-refractivity contribution in [1.29, 1.82) is 0 Å². The van der Waals surface area contributed by atoms with Gasteiger partial charge in [-0.3, -0.25) is 4.98 Å². The number of nitrogens with two attached hydrogens (primary N) is 1. The minimum Gasteiger partial charge on any atom is -0.370 e. The summed E-state index contributed by atoms with van der Waals surface area (Å²) in [6.07, 6.45) is 9.04. The number of aliphatic imine (C=N–C) groups is 1. The van der Waals surface area contributed by atoms with Crippen molar-refractivity contribution in [2.45, 2.75) is 44.6 Å². The lowest BCUT2D eigenvalue weighted by atomic mass is 9.96. The molecular formula is C15H24N4. The van der Waals surface area contributed by atoms with Crippen LogP contribution in [-0.2, 0) is 6.42 Å². The fraction of sp³-hybridized carbons (Fsp3) is 0.600. The van der Waals surface area contributed by atoms with Gasteiger partial charge in [-0.25, -0.2) is 4.99 Å². The Hall–Kier alpha value is -1.58. The van der Waals surface area contributed by atoms with Gasteiger partial charge in [0.25, 0.3) is 0 Å². The molecule has 0 unspecified atom stereocenters. The van der Waals surface area contributed by atoms with Crippen LogP contribution in [0.1, 0.15) is 37.8 Å². The highest BCUT2D eigenvalue weighted by atomic mass is 15.2. The van der Waals surface area contributed by atoms with E-state index in [-0.39, 0.29) is 0 Å². The summed E-state index contributed by atoms with van der Waals surface area (Å²) in [6.45, 7) is 0.860. The molecule has 0 aromatic carbocycles. The largest absolute Gasteiger partial charge is 0.370 e. The first kappa shape index (κ1) is 13.8. The molecule has 2 N–H and O–H groups in total. The zero-order valence-electron chi connectivity index (χ0n) is 11.8. The monoisotopic (exact) mass is 260 g/mol. The van der Waals surface area contributed by atoms with Crippen molar-refractivity contribution >= 4 is 5.96 Å². The number of aromatic nitrogens is 1. The molecule has 4 nitrogen and oxygen atoms in total. The van der Waals surface area contributed by atoms with Gasteiger partial charge in [0.05, 0.1) is 6.04 Å². The highest BCUT2D eigenvalue weighted by Crippen LogP contribution is 2.20. The number of likely N-dealkylation sites (N-methyl/N-ethyl adjacent to an activating group) is 1. The van der Waals surface area contributed by atoms with Crippen LogP contribution >= 0.6 is 0 Å².